The SMILES string of the molecule is CCCn1cnnc1C1CN(C(=O)c2ccc(C)c(C)c2)CC12CCC2. The van der Waals surface area contributed by atoms with E-state index in [1.807, 2.05) is 24.5 Å². The van der Waals surface area contributed by atoms with Crippen molar-refractivity contribution >= 4 is 5.91 Å². The van der Waals surface area contributed by atoms with Crippen LogP contribution in [0.5, 0.6) is 0 Å². The highest BCUT2D eigenvalue weighted by atomic mass is 16.2. The average Bonchev–Trinajstić information content (AvgIpc) is 3.20. The van der Waals surface area contributed by atoms with Crippen molar-refractivity contribution in [3.63, 3.8) is 0 Å². The number of likely N-dealkylation sites (tertiary alicyclic amines) is 1. The molecule has 1 aromatic carbocycles. The van der Waals surface area contributed by atoms with E-state index in [4.69, 9.17) is 0 Å². The van der Waals surface area contributed by atoms with E-state index < -0.39 is 0 Å². The Morgan fingerprint density at radius 1 is 1.27 bits per heavy atom. The Hall–Kier alpha value is -2.17. The van der Waals surface area contributed by atoms with Gasteiger partial charge in [-0.2, -0.15) is 0 Å². The zero-order valence-electron chi connectivity index (χ0n) is 16.0. The molecular formula is C21H28N4O. The topological polar surface area (TPSA) is 51.0 Å². The van der Waals surface area contributed by atoms with E-state index in [1.54, 1.807) is 0 Å². The molecule has 5 nitrogen and oxygen atoms in total. The largest absolute Gasteiger partial charge is 0.337 e. The van der Waals surface area contributed by atoms with Crippen LogP contribution in [-0.4, -0.2) is 38.7 Å². The van der Waals surface area contributed by atoms with Crippen LogP contribution in [0.15, 0.2) is 24.5 Å². The molecule has 2 aromatic rings. The van der Waals surface area contributed by atoms with Gasteiger partial charge in [-0.05, 0) is 61.8 Å². The van der Waals surface area contributed by atoms with Crippen molar-refractivity contribution in [2.24, 2.45) is 5.41 Å². The van der Waals surface area contributed by atoms with Gasteiger partial charge in [0.1, 0.15) is 12.2 Å². The lowest BCUT2D eigenvalue weighted by molar-refractivity contribution is 0.0723. The standard InChI is InChI=1S/C21H28N4O/c1-4-10-24-14-22-23-19(24)18-12-25(13-21(18)8-5-9-21)20(26)17-7-6-15(2)16(3)11-17/h6-7,11,14,18H,4-5,8-10,12-13H2,1-3H3. The molecule has 1 aliphatic carbocycles. The number of rotatable bonds is 4. The molecule has 0 bridgehead atoms. The minimum atomic E-state index is 0.156. The van der Waals surface area contributed by atoms with Crippen LogP contribution in [0, 0.1) is 19.3 Å². The second-order valence-electron chi connectivity index (χ2n) is 8.14. The van der Waals surface area contributed by atoms with Crippen LogP contribution in [-0.2, 0) is 6.54 Å². The van der Waals surface area contributed by atoms with Crippen molar-refractivity contribution < 1.29 is 4.79 Å². The molecule has 4 rings (SSSR count). The first-order chi connectivity index (χ1) is 12.5. The van der Waals surface area contributed by atoms with Gasteiger partial charge in [-0.25, -0.2) is 0 Å². The predicted octanol–water partition coefficient (Wildman–Crippen LogP) is 3.71. The van der Waals surface area contributed by atoms with E-state index in [-0.39, 0.29) is 11.3 Å². The number of aryl methyl sites for hydroxylation is 3. The molecule has 26 heavy (non-hydrogen) atoms. The van der Waals surface area contributed by atoms with Crippen molar-refractivity contribution in [2.45, 2.75) is 58.9 Å². The summed E-state index contributed by atoms with van der Waals surface area (Å²) in [6.45, 7) is 8.88. The predicted molar refractivity (Wildman–Crippen MR) is 101 cm³/mol. The Morgan fingerprint density at radius 2 is 2.08 bits per heavy atom. The van der Waals surface area contributed by atoms with Crippen LogP contribution in [0.3, 0.4) is 0 Å². The van der Waals surface area contributed by atoms with Crippen molar-refractivity contribution in [3.05, 3.63) is 47.0 Å². The van der Waals surface area contributed by atoms with Gasteiger partial charge >= 0.3 is 0 Å². The van der Waals surface area contributed by atoms with Gasteiger partial charge in [-0.3, -0.25) is 4.79 Å². The Kier molecular flexibility index (Phi) is 4.33. The maximum Gasteiger partial charge on any atom is 0.253 e. The molecule has 5 heteroatoms. The number of nitrogens with zero attached hydrogens (tertiary/aromatic N) is 4. The summed E-state index contributed by atoms with van der Waals surface area (Å²) in [6, 6.07) is 6.04. The van der Waals surface area contributed by atoms with Crippen LogP contribution in [0.2, 0.25) is 0 Å². The highest BCUT2D eigenvalue weighted by Crippen LogP contribution is 2.55. The maximum absolute atomic E-state index is 13.1. The van der Waals surface area contributed by atoms with E-state index in [2.05, 4.69) is 40.4 Å². The summed E-state index contributed by atoms with van der Waals surface area (Å²) in [5.41, 5.74) is 3.41. The summed E-state index contributed by atoms with van der Waals surface area (Å²) < 4.78 is 2.19. The average molecular weight is 352 g/mol. The van der Waals surface area contributed by atoms with E-state index in [0.29, 0.717) is 5.92 Å². The minimum Gasteiger partial charge on any atom is -0.337 e. The number of benzene rings is 1. The lowest BCUT2D eigenvalue weighted by Gasteiger charge is -2.42. The van der Waals surface area contributed by atoms with Gasteiger partial charge in [0.05, 0.1) is 0 Å². The Balaban J connectivity index is 1.61. The fraction of sp³-hybridized carbons (Fsp3) is 0.571. The van der Waals surface area contributed by atoms with E-state index >= 15 is 0 Å². The zero-order valence-corrected chi connectivity index (χ0v) is 16.0. The van der Waals surface area contributed by atoms with Crippen LogP contribution in [0.25, 0.3) is 0 Å². The maximum atomic E-state index is 13.1. The van der Waals surface area contributed by atoms with Crippen LogP contribution < -0.4 is 0 Å². The minimum absolute atomic E-state index is 0.156. The molecule has 2 heterocycles. The summed E-state index contributed by atoms with van der Waals surface area (Å²) in [5.74, 6) is 1.53. The molecule has 1 aromatic heterocycles. The van der Waals surface area contributed by atoms with Crippen LogP contribution >= 0.6 is 0 Å². The molecule has 1 atom stereocenters. The van der Waals surface area contributed by atoms with Crippen molar-refractivity contribution in [1.82, 2.24) is 19.7 Å². The number of hydrogen-bond acceptors (Lipinski definition) is 3. The molecule has 0 N–H and O–H groups in total. The van der Waals surface area contributed by atoms with Gasteiger partial charge in [-0.15, -0.1) is 10.2 Å². The van der Waals surface area contributed by atoms with E-state index in [1.165, 1.54) is 30.4 Å². The normalized spacial score (nSPS) is 21.2. The molecule has 2 aliphatic rings. The van der Waals surface area contributed by atoms with Crippen molar-refractivity contribution in [2.75, 3.05) is 13.1 Å². The quantitative estimate of drug-likeness (QED) is 0.843. The molecule has 2 fully saturated rings. The molecule has 1 amide bonds. The summed E-state index contributed by atoms with van der Waals surface area (Å²) in [4.78, 5) is 15.2. The lowest BCUT2D eigenvalue weighted by Crippen LogP contribution is -2.38. The molecule has 1 spiro atoms. The third-order valence-electron chi connectivity index (χ3n) is 6.46. The van der Waals surface area contributed by atoms with Gasteiger partial charge in [0.25, 0.3) is 5.91 Å². The van der Waals surface area contributed by atoms with Gasteiger partial charge in [-0.1, -0.05) is 19.4 Å². The smallest absolute Gasteiger partial charge is 0.253 e. The Bertz CT molecular complexity index is 821. The fourth-order valence-corrected chi connectivity index (χ4v) is 4.62. The second kappa shape index (κ2) is 6.53. The summed E-state index contributed by atoms with van der Waals surface area (Å²) in [6.07, 6.45) is 6.54. The van der Waals surface area contributed by atoms with Crippen LogP contribution in [0.1, 0.15) is 65.8 Å². The van der Waals surface area contributed by atoms with Crippen LogP contribution in [0.4, 0.5) is 0 Å². The number of carbonyl (C=O) groups is 1. The van der Waals surface area contributed by atoms with Crippen molar-refractivity contribution in [3.8, 4) is 0 Å². The summed E-state index contributed by atoms with van der Waals surface area (Å²) >= 11 is 0. The highest BCUT2D eigenvalue weighted by Gasteiger charge is 2.53. The number of carbonyl (C=O) groups excluding carboxylic acids is 1. The van der Waals surface area contributed by atoms with Gasteiger partial charge < -0.3 is 9.47 Å². The molecule has 1 saturated carbocycles. The van der Waals surface area contributed by atoms with Gasteiger partial charge in [0.15, 0.2) is 0 Å². The lowest BCUT2D eigenvalue weighted by atomic mass is 9.62. The molecule has 1 aliphatic heterocycles. The van der Waals surface area contributed by atoms with Gasteiger partial charge in [0.2, 0.25) is 0 Å². The van der Waals surface area contributed by atoms with Gasteiger partial charge in [0, 0.05) is 31.1 Å². The molecule has 1 saturated heterocycles. The first-order valence-corrected chi connectivity index (χ1v) is 9.78. The first kappa shape index (κ1) is 17.3. The molecular weight excluding hydrogens is 324 g/mol. The highest BCUT2D eigenvalue weighted by molar-refractivity contribution is 5.94. The third-order valence-corrected chi connectivity index (χ3v) is 6.46. The van der Waals surface area contributed by atoms with E-state index in [9.17, 15) is 4.79 Å². The number of amides is 1. The summed E-state index contributed by atoms with van der Waals surface area (Å²) in [5, 5.41) is 8.63. The fourth-order valence-electron chi connectivity index (χ4n) is 4.62. The Labute approximate surface area is 155 Å². The monoisotopic (exact) mass is 352 g/mol. The van der Waals surface area contributed by atoms with Crippen molar-refractivity contribution in [1.29, 1.82) is 0 Å². The summed E-state index contributed by atoms with van der Waals surface area (Å²) in [7, 11) is 0. The number of hydrogen-bond donors (Lipinski definition) is 0. The first-order valence-electron chi connectivity index (χ1n) is 9.78. The Morgan fingerprint density at radius 3 is 2.73 bits per heavy atom. The third kappa shape index (κ3) is 2.74. The molecule has 1 unspecified atom stereocenters. The number of aromatic nitrogens is 3. The van der Waals surface area contributed by atoms with E-state index in [0.717, 1.165) is 37.4 Å². The second-order valence-corrected chi connectivity index (χ2v) is 8.14. The molecule has 138 valence electrons. The zero-order chi connectivity index (χ0) is 18.3. The molecule has 0 radical (unpaired) electrons.